The standard InChI is InChI=1S/C11H20N2O2/c1-8(11(14)15)6-12-10-4-5-13(3)7-9(10)2/h9-10,12H,1,4-7H2,2-3H3,(H,14,15). The molecule has 4 heteroatoms. The van der Waals surface area contributed by atoms with E-state index < -0.39 is 5.97 Å². The molecule has 0 amide bonds. The van der Waals surface area contributed by atoms with E-state index in [-0.39, 0.29) is 5.57 Å². The number of likely N-dealkylation sites (tertiary alicyclic amines) is 1. The molecule has 1 rings (SSSR count). The van der Waals surface area contributed by atoms with E-state index in [1.165, 1.54) is 0 Å². The van der Waals surface area contributed by atoms with Crippen LogP contribution in [0.3, 0.4) is 0 Å². The second kappa shape index (κ2) is 5.28. The molecule has 2 atom stereocenters. The fourth-order valence-corrected chi connectivity index (χ4v) is 1.99. The minimum atomic E-state index is -0.914. The van der Waals surface area contributed by atoms with Crippen LogP contribution in [-0.2, 0) is 4.79 Å². The van der Waals surface area contributed by atoms with Crippen LogP contribution in [0.25, 0.3) is 0 Å². The van der Waals surface area contributed by atoms with Crippen LogP contribution in [0, 0.1) is 5.92 Å². The molecule has 1 aliphatic heterocycles. The number of nitrogens with one attached hydrogen (secondary N) is 1. The second-order valence-corrected chi connectivity index (χ2v) is 4.42. The number of aliphatic carboxylic acids is 1. The molecular formula is C11H20N2O2. The summed E-state index contributed by atoms with van der Waals surface area (Å²) in [6, 6.07) is 0.414. The van der Waals surface area contributed by atoms with Crippen LogP contribution >= 0.6 is 0 Å². The molecule has 1 aliphatic rings. The highest BCUT2D eigenvalue weighted by Gasteiger charge is 2.23. The molecule has 0 spiro atoms. The first-order valence-electron chi connectivity index (χ1n) is 5.33. The van der Waals surface area contributed by atoms with Crippen molar-refractivity contribution < 1.29 is 9.90 Å². The third-order valence-electron chi connectivity index (χ3n) is 2.99. The van der Waals surface area contributed by atoms with E-state index in [1.807, 2.05) is 0 Å². The van der Waals surface area contributed by atoms with Crippen molar-refractivity contribution in [2.75, 3.05) is 26.7 Å². The highest BCUT2D eigenvalue weighted by atomic mass is 16.4. The van der Waals surface area contributed by atoms with Gasteiger partial charge in [0.05, 0.1) is 0 Å². The first kappa shape index (κ1) is 12.2. The van der Waals surface area contributed by atoms with Gasteiger partial charge >= 0.3 is 5.97 Å². The third kappa shape index (κ3) is 3.64. The number of hydrogen-bond donors (Lipinski definition) is 2. The molecule has 4 nitrogen and oxygen atoms in total. The van der Waals surface area contributed by atoms with Crippen molar-refractivity contribution in [1.82, 2.24) is 10.2 Å². The molecule has 0 radical (unpaired) electrons. The van der Waals surface area contributed by atoms with Gasteiger partial charge in [-0.1, -0.05) is 13.5 Å². The molecule has 15 heavy (non-hydrogen) atoms. The van der Waals surface area contributed by atoms with Crippen LogP contribution in [0.4, 0.5) is 0 Å². The van der Waals surface area contributed by atoms with Crippen LogP contribution in [-0.4, -0.2) is 48.7 Å². The predicted octanol–water partition coefficient (Wildman–Crippen LogP) is 0.557. The van der Waals surface area contributed by atoms with Crippen molar-refractivity contribution in [3.05, 3.63) is 12.2 Å². The zero-order valence-corrected chi connectivity index (χ0v) is 9.49. The van der Waals surface area contributed by atoms with E-state index >= 15 is 0 Å². The molecule has 1 saturated heterocycles. The van der Waals surface area contributed by atoms with Crippen molar-refractivity contribution in [2.24, 2.45) is 5.92 Å². The molecule has 1 heterocycles. The fraction of sp³-hybridized carbons (Fsp3) is 0.727. The van der Waals surface area contributed by atoms with Gasteiger partial charge in [0.2, 0.25) is 0 Å². The summed E-state index contributed by atoms with van der Waals surface area (Å²) in [6.07, 6.45) is 1.07. The van der Waals surface area contributed by atoms with Gasteiger partial charge in [0.15, 0.2) is 0 Å². The molecule has 0 aromatic carbocycles. The average Bonchev–Trinajstić information content (AvgIpc) is 2.15. The Bertz CT molecular complexity index is 253. The van der Waals surface area contributed by atoms with Gasteiger partial charge in [-0.05, 0) is 25.9 Å². The normalized spacial score (nSPS) is 27.6. The van der Waals surface area contributed by atoms with Crippen LogP contribution in [0.5, 0.6) is 0 Å². The van der Waals surface area contributed by atoms with Gasteiger partial charge in [-0.25, -0.2) is 4.79 Å². The first-order chi connectivity index (χ1) is 7.00. The number of rotatable bonds is 4. The Kier molecular flexibility index (Phi) is 4.29. The lowest BCUT2D eigenvalue weighted by atomic mass is 9.94. The van der Waals surface area contributed by atoms with E-state index in [1.54, 1.807) is 0 Å². The smallest absolute Gasteiger partial charge is 0.332 e. The third-order valence-corrected chi connectivity index (χ3v) is 2.99. The Balaban J connectivity index is 2.33. The van der Waals surface area contributed by atoms with E-state index in [0.29, 0.717) is 18.5 Å². The summed E-state index contributed by atoms with van der Waals surface area (Å²) in [5.41, 5.74) is 0.237. The summed E-state index contributed by atoms with van der Waals surface area (Å²) < 4.78 is 0. The lowest BCUT2D eigenvalue weighted by molar-refractivity contribution is -0.132. The molecule has 2 unspecified atom stereocenters. The van der Waals surface area contributed by atoms with Crippen LogP contribution in [0.2, 0.25) is 0 Å². The predicted molar refractivity (Wildman–Crippen MR) is 59.8 cm³/mol. The van der Waals surface area contributed by atoms with E-state index in [4.69, 9.17) is 5.11 Å². The van der Waals surface area contributed by atoms with E-state index in [0.717, 1.165) is 19.5 Å². The lowest BCUT2D eigenvalue weighted by Crippen LogP contribution is -2.47. The number of carboxylic acid groups (broad SMARTS) is 1. The largest absolute Gasteiger partial charge is 0.478 e. The maximum absolute atomic E-state index is 10.6. The molecular weight excluding hydrogens is 192 g/mol. The van der Waals surface area contributed by atoms with Gasteiger partial charge in [-0.2, -0.15) is 0 Å². The van der Waals surface area contributed by atoms with Crippen molar-refractivity contribution >= 4 is 5.97 Å². The van der Waals surface area contributed by atoms with Gasteiger partial charge in [-0.3, -0.25) is 0 Å². The zero-order chi connectivity index (χ0) is 11.4. The Hall–Kier alpha value is -0.870. The highest BCUT2D eigenvalue weighted by Crippen LogP contribution is 2.15. The minimum Gasteiger partial charge on any atom is -0.478 e. The first-order valence-corrected chi connectivity index (χ1v) is 5.33. The van der Waals surface area contributed by atoms with E-state index in [9.17, 15) is 4.79 Å². The number of nitrogens with zero attached hydrogens (tertiary/aromatic N) is 1. The molecule has 2 N–H and O–H groups in total. The molecule has 0 aromatic rings. The van der Waals surface area contributed by atoms with Crippen molar-refractivity contribution in [3.8, 4) is 0 Å². The quantitative estimate of drug-likeness (QED) is 0.668. The molecule has 0 saturated carbocycles. The topological polar surface area (TPSA) is 52.6 Å². The molecule has 0 bridgehead atoms. The molecule has 0 aromatic heterocycles. The van der Waals surface area contributed by atoms with Gasteiger partial charge in [0, 0.05) is 24.7 Å². The Morgan fingerprint density at radius 1 is 1.67 bits per heavy atom. The fourth-order valence-electron chi connectivity index (χ4n) is 1.99. The zero-order valence-electron chi connectivity index (χ0n) is 9.49. The Morgan fingerprint density at radius 2 is 2.33 bits per heavy atom. The summed E-state index contributed by atoms with van der Waals surface area (Å²) in [6.45, 7) is 8.22. The van der Waals surface area contributed by atoms with Crippen LogP contribution < -0.4 is 5.32 Å². The maximum Gasteiger partial charge on any atom is 0.332 e. The summed E-state index contributed by atoms with van der Waals surface area (Å²) in [5, 5.41) is 11.9. The monoisotopic (exact) mass is 212 g/mol. The van der Waals surface area contributed by atoms with Gasteiger partial charge in [0.1, 0.15) is 0 Å². The highest BCUT2D eigenvalue weighted by molar-refractivity contribution is 5.86. The number of carboxylic acids is 1. The van der Waals surface area contributed by atoms with Crippen LogP contribution in [0.15, 0.2) is 12.2 Å². The van der Waals surface area contributed by atoms with Crippen molar-refractivity contribution in [1.29, 1.82) is 0 Å². The van der Waals surface area contributed by atoms with Crippen LogP contribution in [0.1, 0.15) is 13.3 Å². The summed E-state index contributed by atoms with van der Waals surface area (Å²) in [5.74, 6) is -0.353. The molecule has 0 aliphatic carbocycles. The maximum atomic E-state index is 10.6. The lowest BCUT2D eigenvalue weighted by Gasteiger charge is -2.35. The number of piperidine rings is 1. The van der Waals surface area contributed by atoms with Gasteiger partial charge < -0.3 is 15.3 Å². The summed E-state index contributed by atoms with van der Waals surface area (Å²) >= 11 is 0. The van der Waals surface area contributed by atoms with Crippen molar-refractivity contribution in [3.63, 3.8) is 0 Å². The average molecular weight is 212 g/mol. The Morgan fingerprint density at radius 3 is 2.87 bits per heavy atom. The molecule has 86 valence electrons. The summed E-state index contributed by atoms with van der Waals surface area (Å²) in [4.78, 5) is 12.9. The van der Waals surface area contributed by atoms with E-state index in [2.05, 4.69) is 30.8 Å². The minimum absolute atomic E-state index is 0.237. The number of carbonyl (C=O) groups is 1. The molecule has 1 fully saturated rings. The Labute approximate surface area is 91.0 Å². The van der Waals surface area contributed by atoms with Crippen molar-refractivity contribution in [2.45, 2.75) is 19.4 Å². The summed E-state index contributed by atoms with van der Waals surface area (Å²) in [7, 11) is 2.11. The SMILES string of the molecule is C=C(CNC1CCN(C)CC1C)C(=O)O. The van der Waals surface area contributed by atoms with Gasteiger partial charge in [-0.15, -0.1) is 0 Å². The number of hydrogen-bond acceptors (Lipinski definition) is 3. The van der Waals surface area contributed by atoms with Gasteiger partial charge in [0.25, 0.3) is 0 Å². The second-order valence-electron chi connectivity index (χ2n) is 4.42.